The molecular formula is C13H15N3O3. The Labute approximate surface area is 110 Å². The van der Waals surface area contributed by atoms with Crippen molar-refractivity contribution in [3.63, 3.8) is 0 Å². The molecule has 1 amide bonds. The van der Waals surface area contributed by atoms with E-state index >= 15 is 0 Å². The van der Waals surface area contributed by atoms with Crippen LogP contribution in [0.2, 0.25) is 0 Å². The molecule has 0 unspecified atom stereocenters. The monoisotopic (exact) mass is 261 g/mol. The molecule has 0 saturated carbocycles. The number of ether oxygens (including phenoxy) is 2. The normalized spacial score (nSPS) is 10.2. The highest BCUT2D eigenvalue weighted by Crippen LogP contribution is 2.17. The van der Waals surface area contributed by atoms with E-state index in [-0.39, 0.29) is 5.91 Å². The molecule has 1 aromatic heterocycles. The maximum Gasteiger partial charge on any atom is 0.276 e. The van der Waals surface area contributed by atoms with Gasteiger partial charge in [-0.05, 0) is 18.2 Å². The number of aromatic nitrogens is 2. The van der Waals surface area contributed by atoms with Gasteiger partial charge in [0, 0.05) is 25.1 Å². The van der Waals surface area contributed by atoms with Gasteiger partial charge >= 0.3 is 0 Å². The van der Waals surface area contributed by atoms with Gasteiger partial charge < -0.3 is 14.8 Å². The van der Waals surface area contributed by atoms with Crippen LogP contribution in [0.1, 0.15) is 10.5 Å². The van der Waals surface area contributed by atoms with Gasteiger partial charge in [-0.3, -0.25) is 4.79 Å². The number of nitrogens with one attached hydrogen (secondary N) is 1. The molecular weight excluding hydrogens is 246 g/mol. The lowest BCUT2D eigenvalue weighted by atomic mass is 10.3. The number of nitrogens with zero attached hydrogens (tertiary/aromatic N) is 2. The Bertz CT molecular complexity index is 566. The molecule has 0 aliphatic carbocycles. The van der Waals surface area contributed by atoms with Gasteiger partial charge in [0.25, 0.3) is 5.91 Å². The van der Waals surface area contributed by atoms with Gasteiger partial charge in [-0.15, -0.1) is 0 Å². The molecule has 6 nitrogen and oxygen atoms in total. The van der Waals surface area contributed by atoms with Crippen LogP contribution in [-0.4, -0.2) is 29.9 Å². The largest absolute Gasteiger partial charge is 0.497 e. The van der Waals surface area contributed by atoms with E-state index < -0.39 is 0 Å². The second-order valence-corrected chi connectivity index (χ2v) is 3.84. The SMILES string of the molecule is COCn1ccc(C(=O)Nc2cccc(OC)c2)n1. The van der Waals surface area contributed by atoms with Crippen LogP contribution < -0.4 is 10.1 Å². The predicted octanol–water partition coefficient (Wildman–Crippen LogP) is 1.75. The minimum atomic E-state index is -0.275. The molecule has 0 fully saturated rings. The van der Waals surface area contributed by atoms with Gasteiger partial charge in [0.15, 0.2) is 5.69 Å². The molecule has 0 bridgehead atoms. The van der Waals surface area contributed by atoms with Crippen molar-refractivity contribution >= 4 is 11.6 Å². The van der Waals surface area contributed by atoms with E-state index in [1.54, 1.807) is 49.4 Å². The van der Waals surface area contributed by atoms with Crippen molar-refractivity contribution in [3.8, 4) is 5.75 Å². The predicted molar refractivity (Wildman–Crippen MR) is 70.2 cm³/mol. The topological polar surface area (TPSA) is 65.4 Å². The Hall–Kier alpha value is -2.34. The van der Waals surface area contributed by atoms with E-state index in [9.17, 15) is 4.79 Å². The van der Waals surface area contributed by atoms with Gasteiger partial charge in [0.05, 0.1) is 7.11 Å². The lowest BCUT2D eigenvalue weighted by molar-refractivity contribution is 0.101. The van der Waals surface area contributed by atoms with Crippen molar-refractivity contribution in [2.45, 2.75) is 6.73 Å². The molecule has 0 radical (unpaired) electrons. The standard InChI is InChI=1S/C13H15N3O3/c1-18-9-16-7-6-12(15-16)13(17)14-10-4-3-5-11(8-10)19-2/h3-8H,9H2,1-2H3,(H,14,17). The number of rotatable bonds is 5. The van der Waals surface area contributed by atoms with Crippen molar-refractivity contribution in [2.75, 3.05) is 19.5 Å². The number of benzene rings is 1. The van der Waals surface area contributed by atoms with E-state index in [2.05, 4.69) is 10.4 Å². The maximum absolute atomic E-state index is 12.0. The van der Waals surface area contributed by atoms with Crippen molar-refractivity contribution in [1.82, 2.24) is 9.78 Å². The average molecular weight is 261 g/mol. The fourth-order valence-corrected chi connectivity index (χ4v) is 1.58. The molecule has 100 valence electrons. The number of hydrogen-bond acceptors (Lipinski definition) is 4. The van der Waals surface area contributed by atoms with E-state index in [0.717, 1.165) is 0 Å². The molecule has 1 aromatic carbocycles. The highest BCUT2D eigenvalue weighted by Gasteiger charge is 2.10. The smallest absolute Gasteiger partial charge is 0.276 e. The molecule has 2 rings (SSSR count). The Morgan fingerprint density at radius 3 is 2.95 bits per heavy atom. The van der Waals surface area contributed by atoms with Gasteiger partial charge in [-0.1, -0.05) is 6.07 Å². The average Bonchev–Trinajstić information content (AvgIpc) is 2.88. The lowest BCUT2D eigenvalue weighted by Gasteiger charge is -2.05. The van der Waals surface area contributed by atoms with Gasteiger partial charge in [-0.2, -0.15) is 5.10 Å². The second-order valence-electron chi connectivity index (χ2n) is 3.84. The summed E-state index contributed by atoms with van der Waals surface area (Å²) in [6, 6.07) is 8.77. The third-order valence-electron chi connectivity index (χ3n) is 2.46. The number of hydrogen-bond donors (Lipinski definition) is 1. The van der Waals surface area contributed by atoms with E-state index in [1.165, 1.54) is 0 Å². The van der Waals surface area contributed by atoms with Crippen LogP contribution in [0.25, 0.3) is 0 Å². The summed E-state index contributed by atoms with van der Waals surface area (Å²) in [7, 11) is 3.14. The van der Waals surface area contributed by atoms with Gasteiger partial charge in [0.2, 0.25) is 0 Å². The van der Waals surface area contributed by atoms with Crippen molar-refractivity contribution < 1.29 is 14.3 Å². The lowest BCUT2D eigenvalue weighted by Crippen LogP contribution is -2.13. The third-order valence-corrected chi connectivity index (χ3v) is 2.46. The van der Waals surface area contributed by atoms with Crippen LogP contribution in [0, 0.1) is 0 Å². The Morgan fingerprint density at radius 2 is 2.21 bits per heavy atom. The number of carbonyl (C=O) groups is 1. The van der Waals surface area contributed by atoms with Crippen LogP contribution in [0.5, 0.6) is 5.75 Å². The van der Waals surface area contributed by atoms with Crippen LogP contribution in [-0.2, 0) is 11.5 Å². The fourth-order valence-electron chi connectivity index (χ4n) is 1.58. The zero-order valence-corrected chi connectivity index (χ0v) is 10.8. The Balaban J connectivity index is 2.06. The molecule has 6 heteroatoms. The van der Waals surface area contributed by atoms with Crippen LogP contribution in [0.4, 0.5) is 5.69 Å². The summed E-state index contributed by atoms with van der Waals surface area (Å²) in [5.41, 5.74) is 0.991. The quantitative estimate of drug-likeness (QED) is 0.890. The van der Waals surface area contributed by atoms with E-state index in [0.29, 0.717) is 23.9 Å². The highest BCUT2D eigenvalue weighted by atomic mass is 16.5. The maximum atomic E-state index is 12.0. The summed E-state index contributed by atoms with van der Waals surface area (Å²) in [6.07, 6.45) is 1.68. The number of amides is 1. The second kappa shape index (κ2) is 6.01. The summed E-state index contributed by atoms with van der Waals surface area (Å²) < 4.78 is 11.6. The first kappa shape index (κ1) is 13.1. The van der Waals surface area contributed by atoms with E-state index in [4.69, 9.17) is 9.47 Å². The summed E-state index contributed by atoms with van der Waals surface area (Å²) >= 11 is 0. The number of methoxy groups -OCH3 is 2. The molecule has 0 spiro atoms. The van der Waals surface area contributed by atoms with Crippen LogP contribution in [0.3, 0.4) is 0 Å². The zero-order valence-electron chi connectivity index (χ0n) is 10.8. The number of anilines is 1. The van der Waals surface area contributed by atoms with Crippen molar-refractivity contribution in [2.24, 2.45) is 0 Å². The van der Waals surface area contributed by atoms with Crippen LogP contribution in [0.15, 0.2) is 36.5 Å². The van der Waals surface area contributed by atoms with Gasteiger partial charge in [-0.25, -0.2) is 4.68 Å². The Morgan fingerprint density at radius 1 is 1.37 bits per heavy atom. The summed E-state index contributed by atoms with van der Waals surface area (Å²) in [4.78, 5) is 12.0. The van der Waals surface area contributed by atoms with Crippen LogP contribution >= 0.6 is 0 Å². The van der Waals surface area contributed by atoms with Crippen molar-refractivity contribution in [3.05, 3.63) is 42.2 Å². The summed E-state index contributed by atoms with van der Waals surface area (Å²) in [5, 5.41) is 6.84. The Kier molecular flexibility index (Phi) is 4.15. The van der Waals surface area contributed by atoms with Gasteiger partial charge in [0.1, 0.15) is 12.5 Å². The highest BCUT2D eigenvalue weighted by molar-refractivity contribution is 6.02. The summed E-state index contributed by atoms with van der Waals surface area (Å²) in [6.45, 7) is 0.312. The minimum absolute atomic E-state index is 0.275. The molecule has 19 heavy (non-hydrogen) atoms. The molecule has 1 heterocycles. The summed E-state index contributed by atoms with van der Waals surface area (Å²) in [5.74, 6) is 0.408. The molecule has 0 aliphatic heterocycles. The molecule has 1 N–H and O–H groups in total. The fraction of sp³-hybridized carbons (Fsp3) is 0.231. The molecule has 0 atom stereocenters. The molecule has 2 aromatic rings. The first-order chi connectivity index (χ1) is 9.22. The van der Waals surface area contributed by atoms with E-state index in [1.807, 2.05) is 6.07 Å². The first-order valence-electron chi connectivity index (χ1n) is 5.70. The first-order valence-corrected chi connectivity index (χ1v) is 5.70. The van der Waals surface area contributed by atoms with Crippen molar-refractivity contribution in [1.29, 1.82) is 0 Å². The number of carbonyl (C=O) groups excluding carboxylic acids is 1. The molecule has 0 saturated heterocycles. The minimum Gasteiger partial charge on any atom is -0.497 e. The molecule has 0 aliphatic rings. The zero-order chi connectivity index (χ0) is 13.7. The third kappa shape index (κ3) is 3.32.